The van der Waals surface area contributed by atoms with E-state index >= 15 is 0 Å². The molecule has 0 aliphatic heterocycles. The fraction of sp³-hybridized carbons (Fsp3) is 0.368. The van der Waals surface area contributed by atoms with Crippen molar-refractivity contribution in [2.24, 2.45) is 5.73 Å². The molecule has 0 aliphatic carbocycles. The highest BCUT2D eigenvalue weighted by Crippen LogP contribution is 2.38. The molecule has 2 nitrogen and oxygen atoms in total. The quantitative estimate of drug-likeness (QED) is 0.833. The average molecular weight is 337 g/mol. The van der Waals surface area contributed by atoms with Crippen LogP contribution in [0, 0.1) is 0 Å². The van der Waals surface area contributed by atoms with Crippen molar-refractivity contribution in [1.29, 1.82) is 0 Å². The Morgan fingerprint density at radius 1 is 1.04 bits per heavy atom. The van der Waals surface area contributed by atoms with Crippen molar-refractivity contribution in [3.05, 3.63) is 53.1 Å². The Bertz CT molecular complexity index is 708. The molecule has 0 bridgehead atoms. The minimum absolute atomic E-state index is 0.278. The minimum atomic E-state index is -4.37. The number of methoxy groups -OCH3 is 1. The highest BCUT2D eigenvalue weighted by atomic mass is 19.4. The van der Waals surface area contributed by atoms with Gasteiger partial charge in [0, 0.05) is 5.56 Å². The van der Waals surface area contributed by atoms with Crippen molar-refractivity contribution in [3.8, 4) is 16.9 Å². The topological polar surface area (TPSA) is 35.2 Å². The molecule has 2 rings (SSSR count). The molecule has 0 fully saturated rings. The smallest absolute Gasteiger partial charge is 0.416 e. The second-order valence-corrected chi connectivity index (χ2v) is 6.02. The van der Waals surface area contributed by atoms with Crippen LogP contribution in [-0.2, 0) is 12.6 Å². The molecule has 0 atom stereocenters. The molecule has 5 heteroatoms. The van der Waals surface area contributed by atoms with E-state index in [1.54, 1.807) is 7.11 Å². The molecule has 0 saturated carbocycles. The molecule has 2 aromatic rings. The van der Waals surface area contributed by atoms with Gasteiger partial charge in [0.25, 0.3) is 0 Å². The molecular formula is C19H22F3NO. The Balaban J connectivity index is 2.64. The lowest BCUT2D eigenvalue weighted by atomic mass is 9.91. The summed E-state index contributed by atoms with van der Waals surface area (Å²) in [6, 6.07) is 9.61. The number of hydrogen-bond donors (Lipinski definition) is 1. The fourth-order valence-electron chi connectivity index (χ4n) is 2.69. The Morgan fingerprint density at radius 3 is 2.29 bits per heavy atom. The van der Waals surface area contributed by atoms with Crippen LogP contribution >= 0.6 is 0 Å². The van der Waals surface area contributed by atoms with Crippen molar-refractivity contribution in [3.63, 3.8) is 0 Å². The summed E-state index contributed by atoms with van der Waals surface area (Å²) in [6.07, 6.45) is -4.00. The van der Waals surface area contributed by atoms with Crippen LogP contribution < -0.4 is 10.5 Å². The summed E-state index contributed by atoms with van der Waals surface area (Å²) in [7, 11) is 1.56. The number of halogens is 3. The first-order valence-corrected chi connectivity index (χ1v) is 7.86. The SMILES string of the molecule is COc1ccc(C(C)C)cc1-c1ccc(C(F)(F)F)cc1CCN. The van der Waals surface area contributed by atoms with Gasteiger partial charge in [-0.15, -0.1) is 0 Å². The highest BCUT2D eigenvalue weighted by molar-refractivity contribution is 5.74. The van der Waals surface area contributed by atoms with Crippen molar-refractivity contribution in [1.82, 2.24) is 0 Å². The molecule has 0 radical (unpaired) electrons. The fourth-order valence-corrected chi connectivity index (χ4v) is 2.69. The van der Waals surface area contributed by atoms with E-state index in [0.717, 1.165) is 22.8 Å². The number of nitrogens with two attached hydrogens (primary N) is 1. The Labute approximate surface area is 140 Å². The molecule has 0 heterocycles. The van der Waals surface area contributed by atoms with Gasteiger partial charge in [0.15, 0.2) is 0 Å². The van der Waals surface area contributed by atoms with Crippen LogP contribution in [0.25, 0.3) is 11.1 Å². The van der Waals surface area contributed by atoms with Gasteiger partial charge >= 0.3 is 6.18 Å². The first kappa shape index (κ1) is 18.3. The lowest BCUT2D eigenvalue weighted by Crippen LogP contribution is -2.09. The molecule has 0 aliphatic rings. The second kappa shape index (κ2) is 7.26. The van der Waals surface area contributed by atoms with E-state index in [-0.39, 0.29) is 6.54 Å². The van der Waals surface area contributed by atoms with Gasteiger partial charge in [-0.1, -0.05) is 26.0 Å². The van der Waals surface area contributed by atoms with E-state index in [4.69, 9.17) is 10.5 Å². The number of ether oxygens (including phenoxy) is 1. The number of hydrogen-bond acceptors (Lipinski definition) is 2. The largest absolute Gasteiger partial charge is 0.496 e. The standard InChI is InChI=1S/C19H22F3NO/c1-12(2)13-4-7-18(24-3)17(11-13)16-6-5-15(19(20,21)22)10-14(16)8-9-23/h4-7,10-12H,8-9,23H2,1-3H3. The number of benzene rings is 2. The summed E-state index contributed by atoms with van der Waals surface area (Å²) in [5, 5.41) is 0. The second-order valence-electron chi connectivity index (χ2n) is 6.02. The summed E-state index contributed by atoms with van der Waals surface area (Å²) < 4.78 is 44.4. The van der Waals surface area contributed by atoms with Crippen molar-refractivity contribution < 1.29 is 17.9 Å². The van der Waals surface area contributed by atoms with Crippen LogP contribution in [0.4, 0.5) is 13.2 Å². The summed E-state index contributed by atoms with van der Waals surface area (Å²) in [4.78, 5) is 0. The first-order valence-electron chi connectivity index (χ1n) is 7.86. The summed E-state index contributed by atoms with van der Waals surface area (Å²) in [5.41, 5.74) is 8.14. The number of alkyl halides is 3. The summed E-state index contributed by atoms with van der Waals surface area (Å²) in [6.45, 7) is 4.42. The van der Waals surface area contributed by atoms with Gasteiger partial charge in [-0.2, -0.15) is 13.2 Å². The molecule has 0 unspecified atom stereocenters. The van der Waals surface area contributed by atoms with E-state index in [2.05, 4.69) is 13.8 Å². The predicted octanol–water partition coefficient (Wildman–Crippen LogP) is 5.01. The van der Waals surface area contributed by atoms with E-state index in [1.807, 2.05) is 18.2 Å². The molecule has 2 aromatic carbocycles. The van der Waals surface area contributed by atoms with Crippen molar-refractivity contribution in [2.75, 3.05) is 13.7 Å². The average Bonchev–Trinajstić information content (AvgIpc) is 2.53. The molecule has 0 amide bonds. The van der Waals surface area contributed by atoms with E-state index < -0.39 is 11.7 Å². The zero-order valence-corrected chi connectivity index (χ0v) is 14.1. The predicted molar refractivity (Wildman–Crippen MR) is 90.3 cm³/mol. The first-order chi connectivity index (χ1) is 11.3. The Hall–Kier alpha value is -2.01. The third-order valence-corrected chi connectivity index (χ3v) is 4.03. The van der Waals surface area contributed by atoms with Gasteiger partial charge in [0.1, 0.15) is 5.75 Å². The maximum absolute atomic E-state index is 13.0. The van der Waals surface area contributed by atoms with Crippen molar-refractivity contribution >= 4 is 0 Å². The third-order valence-electron chi connectivity index (χ3n) is 4.03. The molecular weight excluding hydrogens is 315 g/mol. The van der Waals surface area contributed by atoms with Crippen molar-refractivity contribution in [2.45, 2.75) is 32.4 Å². The van der Waals surface area contributed by atoms with Crippen LogP contribution in [0.3, 0.4) is 0 Å². The maximum atomic E-state index is 13.0. The minimum Gasteiger partial charge on any atom is -0.496 e. The Kier molecular flexibility index (Phi) is 5.54. The maximum Gasteiger partial charge on any atom is 0.416 e. The molecule has 2 N–H and O–H groups in total. The van der Waals surface area contributed by atoms with Crippen LogP contribution in [0.15, 0.2) is 36.4 Å². The molecule has 0 aromatic heterocycles. The molecule has 0 saturated heterocycles. The van der Waals surface area contributed by atoms with Gasteiger partial charge in [0.2, 0.25) is 0 Å². The van der Waals surface area contributed by atoms with Gasteiger partial charge in [-0.05, 0) is 59.8 Å². The summed E-state index contributed by atoms with van der Waals surface area (Å²) in [5.74, 6) is 0.944. The Morgan fingerprint density at radius 2 is 1.75 bits per heavy atom. The third kappa shape index (κ3) is 3.90. The van der Waals surface area contributed by atoms with Crippen LogP contribution in [0.5, 0.6) is 5.75 Å². The normalized spacial score (nSPS) is 11.8. The van der Waals surface area contributed by atoms with E-state index in [9.17, 15) is 13.2 Å². The van der Waals surface area contributed by atoms with Crippen LogP contribution in [0.2, 0.25) is 0 Å². The molecule has 0 spiro atoms. The van der Waals surface area contributed by atoms with E-state index in [0.29, 0.717) is 23.7 Å². The van der Waals surface area contributed by atoms with Crippen LogP contribution in [-0.4, -0.2) is 13.7 Å². The monoisotopic (exact) mass is 337 g/mol. The zero-order valence-electron chi connectivity index (χ0n) is 14.1. The summed E-state index contributed by atoms with van der Waals surface area (Å²) >= 11 is 0. The van der Waals surface area contributed by atoms with Gasteiger partial charge in [0.05, 0.1) is 12.7 Å². The zero-order chi connectivity index (χ0) is 17.9. The lowest BCUT2D eigenvalue weighted by Gasteiger charge is -2.17. The van der Waals surface area contributed by atoms with Gasteiger partial charge in [-0.25, -0.2) is 0 Å². The number of rotatable bonds is 5. The van der Waals surface area contributed by atoms with Gasteiger partial charge in [-0.3, -0.25) is 0 Å². The molecule has 130 valence electrons. The highest BCUT2D eigenvalue weighted by Gasteiger charge is 2.31. The van der Waals surface area contributed by atoms with Crippen LogP contribution in [0.1, 0.15) is 36.5 Å². The molecule has 24 heavy (non-hydrogen) atoms. The van der Waals surface area contributed by atoms with Gasteiger partial charge < -0.3 is 10.5 Å². The van der Waals surface area contributed by atoms with E-state index in [1.165, 1.54) is 12.1 Å². The lowest BCUT2D eigenvalue weighted by molar-refractivity contribution is -0.137.